The van der Waals surface area contributed by atoms with Crippen molar-refractivity contribution in [3.63, 3.8) is 0 Å². The molecule has 5 unspecified atom stereocenters. The Labute approximate surface area is 234 Å². The van der Waals surface area contributed by atoms with Crippen LogP contribution in [0.2, 0.25) is 5.02 Å². The molecule has 5 atom stereocenters. The predicted octanol–water partition coefficient (Wildman–Crippen LogP) is 2.60. The Morgan fingerprint density at radius 3 is 2.51 bits per heavy atom. The fourth-order valence-electron chi connectivity index (χ4n) is 7.08. The van der Waals surface area contributed by atoms with Crippen molar-refractivity contribution in [2.45, 2.75) is 62.3 Å². The lowest BCUT2D eigenvalue weighted by molar-refractivity contribution is -0.141. The second-order valence-electron chi connectivity index (χ2n) is 11.4. The maximum absolute atomic E-state index is 14.1. The molecule has 2 bridgehead atoms. The zero-order valence-corrected chi connectivity index (χ0v) is 22.9. The molecular formula is C29H37ClN4O5. The van der Waals surface area contributed by atoms with Gasteiger partial charge in [-0.3, -0.25) is 19.3 Å². The van der Waals surface area contributed by atoms with Crippen molar-refractivity contribution >= 4 is 35.0 Å². The van der Waals surface area contributed by atoms with Gasteiger partial charge in [0.1, 0.15) is 11.6 Å². The van der Waals surface area contributed by atoms with Crippen molar-refractivity contribution in [2.75, 3.05) is 44.7 Å². The van der Waals surface area contributed by atoms with E-state index in [2.05, 4.69) is 15.5 Å². The maximum atomic E-state index is 14.1. The lowest BCUT2D eigenvalue weighted by Crippen LogP contribution is -2.56. The summed E-state index contributed by atoms with van der Waals surface area (Å²) >= 11 is 6.00. The Hall–Kier alpha value is -2.46. The van der Waals surface area contributed by atoms with E-state index in [1.807, 2.05) is 12.2 Å². The molecule has 10 heteroatoms. The van der Waals surface area contributed by atoms with E-state index in [0.717, 1.165) is 51.7 Å². The molecule has 4 aliphatic heterocycles. The summed E-state index contributed by atoms with van der Waals surface area (Å²) < 4.78 is 11.9. The lowest BCUT2D eigenvalue weighted by Gasteiger charge is -2.34. The maximum Gasteiger partial charge on any atom is 0.246 e. The quantitative estimate of drug-likeness (QED) is 0.478. The molecule has 4 heterocycles. The highest BCUT2D eigenvalue weighted by Crippen LogP contribution is 2.55. The number of hydrogen-bond donors (Lipinski definition) is 2. The Kier molecular flexibility index (Phi) is 7.68. The summed E-state index contributed by atoms with van der Waals surface area (Å²) in [5, 5.41) is 6.75. The molecule has 1 aromatic rings. The van der Waals surface area contributed by atoms with Crippen molar-refractivity contribution in [1.29, 1.82) is 0 Å². The normalized spacial score (nSPS) is 32.4. The molecule has 1 aliphatic carbocycles. The van der Waals surface area contributed by atoms with E-state index in [-0.39, 0.29) is 23.8 Å². The first-order valence-electron chi connectivity index (χ1n) is 14.3. The van der Waals surface area contributed by atoms with Crippen molar-refractivity contribution in [1.82, 2.24) is 15.1 Å². The van der Waals surface area contributed by atoms with Gasteiger partial charge in [-0.15, -0.1) is 0 Å². The van der Waals surface area contributed by atoms with Crippen molar-refractivity contribution in [3.8, 4) is 0 Å². The summed E-state index contributed by atoms with van der Waals surface area (Å²) in [5.41, 5.74) is -0.536. The van der Waals surface area contributed by atoms with Gasteiger partial charge < -0.3 is 25.0 Å². The van der Waals surface area contributed by atoms with E-state index in [1.165, 1.54) is 6.42 Å². The molecule has 9 nitrogen and oxygen atoms in total. The van der Waals surface area contributed by atoms with Gasteiger partial charge in [0.25, 0.3) is 0 Å². The molecule has 3 saturated heterocycles. The van der Waals surface area contributed by atoms with E-state index < -0.39 is 29.6 Å². The van der Waals surface area contributed by atoms with Crippen LogP contribution in [-0.2, 0) is 23.9 Å². The Morgan fingerprint density at radius 2 is 1.77 bits per heavy atom. The van der Waals surface area contributed by atoms with Crippen molar-refractivity contribution in [3.05, 3.63) is 41.4 Å². The molecule has 210 valence electrons. The molecule has 1 aromatic carbocycles. The third-order valence-corrected chi connectivity index (χ3v) is 9.22. The van der Waals surface area contributed by atoms with E-state index in [9.17, 15) is 14.4 Å². The molecule has 3 amide bonds. The number of rotatable bonds is 8. The van der Waals surface area contributed by atoms with E-state index in [4.69, 9.17) is 21.1 Å². The van der Waals surface area contributed by atoms with Crippen LogP contribution >= 0.6 is 11.6 Å². The fourth-order valence-corrected chi connectivity index (χ4v) is 7.21. The van der Waals surface area contributed by atoms with Gasteiger partial charge in [0.15, 0.2) is 0 Å². The number of fused-ring (bicyclic) bond motifs is 1. The van der Waals surface area contributed by atoms with Crippen molar-refractivity contribution in [2.24, 2.45) is 11.8 Å². The average molecular weight is 557 g/mol. The molecule has 4 fully saturated rings. The van der Waals surface area contributed by atoms with Crippen LogP contribution in [-0.4, -0.2) is 90.7 Å². The molecule has 6 rings (SSSR count). The summed E-state index contributed by atoms with van der Waals surface area (Å²) in [6.07, 6.45) is 9.19. The molecule has 0 aromatic heterocycles. The molecule has 39 heavy (non-hydrogen) atoms. The van der Waals surface area contributed by atoms with E-state index >= 15 is 0 Å². The largest absolute Gasteiger partial charge is 0.379 e. The number of hydrogen-bond acceptors (Lipinski definition) is 6. The minimum atomic E-state index is -1.14. The molecule has 2 N–H and O–H groups in total. The highest BCUT2D eigenvalue weighted by molar-refractivity contribution is 6.30. The number of benzene rings is 1. The third kappa shape index (κ3) is 5.10. The topological polar surface area (TPSA) is 100 Å². The summed E-state index contributed by atoms with van der Waals surface area (Å²) in [7, 11) is 0. The van der Waals surface area contributed by atoms with Crippen LogP contribution in [0, 0.1) is 11.8 Å². The first kappa shape index (κ1) is 26.7. The summed E-state index contributed by atoms with van der Waals surface area (Å²) in [6, 6.07) is 6.19. The number of anilines is 1. The average Bonchev–Trinajstić information content (AvgIpc) is 3.58. The first-order valence-corrected chi connectivity index (χ1v) is 14.7. The van der Waals surface area contributed by atoms with Gasteiger partial charge in [0.2, 0.25) is 17.7 Å². The van der Waals surface area contributed by atoms with Crippen LogP contribution in [0.1, 0.15) is 38.5 Å². The van der Waals surface area contributed by atoms with Crippen LogP contribution in [0.4, 0.5) is 5.69 Å². The van der Waals surface area contributed by atoms with Crippen LogP contribution in [0.15, 0.2) is 36.4 Å². The number of nitrogens with zero attached hydrogens (tertiary/aromatic N) is 2. The smallest absolute Gasteiger partial charge is 0.246 e. The number of ether oxygens (including phenoxy) is 2. The zero-order valence-electron chi connectivity index (χ0n) is 22.1. The molecule has 1 spiro atoms. The molecular weight excluding hydrogens is 520 g/mol. The van der Waals surface area contributed by atoms with E-state index in [0.29, 0.717) is 30.5 Å². The molecule has 5 aliphatic rings. The lowest BCUT2D eigenvalue weighted by atomic mass is 9.74. The number of carbonyl (C=O) groups excluding carboxylic acids is 3. The number of nitrogens with one attached hydrogen (secondary N) is 2. The Balaban J connectivity index is 1.23. The van der Waals surface area contributed by atoms with Crippen LogP contribution in [0.3, 0.4) is 0 Å². The monoisotopic (exact) mass is 556 g/mol. The highest BCUT2D eigenvalue weighted by atomic mass is 35.5. The minimum absolute atomic E-state index is 0.110. The van der Waals surface area contributed by atoms with Gasteiger partial charge in [0, 0.05) is 42.9 Å². The number of morpholine rings is 1. The number of carbonyl (C=O) groups is 3. The van der Waals surface area contributed by atoms with Gasteiger partial charge in [0.05, 0.1) is 31.2 Å². The van der Waals surface area contributed by atoms with Crippen LogP contribution in [0.5, 0.6) is 0 Å². The zero-order chi connectivity index (χ0) is 27.0. The van der Waals surface area contributed by atoms with Crippen molar-refractivity contribution < 1.29 is 23.9 Å². The van der Waals surface area contributed by atoms with Gasteiger partial charge >= 0.3 is 0 Å². The van der Waals surface area contributed by atoms with Gasteiger partial charge in [-0.05, 0) is 43.5 Å². The predicted molar refractivity (Wildman–Crippen MR) is 146 cm³/mol. The fraction of sp³-hybridized carbons (Fsp3) is 0.621. The summed E-state index contributed by atoms with van der Waals surface area (Å²) in [6.45, 7) is 4.42. The third-order valence-electron chi connectivity index (χ3n) is 8.97. The number of amides is 3. The molecule has 1 saturated carbocycles. The highest BCUT2D eigenvalue weighted by Gasteiger charge is 2.72. The SMILES string of the molecule is O=C(Nc1ccc(Cl)cc1)C1C2C=CC3(O2)C1C(=O)N(CCCN1CCOCC1)C3C(=O)NC1CCCCC1. The molecule has 0 radical (unpaired) electrons. The second-order valence-corrected chi connectivity index (χ2v) is 11.8. The number of likely N-dealkylation sites (tertiary alicyclic amines) is 1. The summed E-state index contributed by atoms with van der Waals surface area (Å²) in [4.78, 5) is 45.5. The van der Waals surface area contributed by atoms with Gasteiger partial charge in [-0.25, -0.2) is 0 Å². The second kappa shape index (κ2) is 11.2. The summed E-state index contributed by atoms with van der Waals surface area (Å²) in [5.74, 6) is -2.09. The van der Waals surface area contributed by atoms with Gasteiger partial charge in [-0.2, -0.15) is 0 Å². The first-order chi connectivity index (χ1) is 19.0. The van der Waals surface area contributed by atoms with E-state index in [1.54, 1.807) is 29.2 Å². The standard InChI is InChI=1S/C29H37ClN4O5/c30-19-7-9-21(10-8-19)31-26(35)23-22-11-12-29(39-22)24(23)28(37)34(14-4-13-33-15-17-38-18-16-33)25(29)27(36)32-20-5-2-1-3-6-20/h7-12,20,22-25H,1-6,13-18H2,(H,31,35)(H,32,36). The minimum Gasteiger partial charge on any atom is -0.379 e. The Morgan fingerprint density at radius 1 is 1.03 bits per heavy atom. The van der Waals surface area contributed by atoms with Crippen LogP contribution in [0.25, 0.3) is 0 Å². The Bertz CT molecular complexity index is 1120. The van der Waals surface area contributed by atoms with Gasteiger partial charge in [-0.1, -0.05) is 43.0 Å². The van der Waals surface area contributed by atoms with Crippen LogP contribution < -0.4 is 10.6 Å². The number of halogens is 1.